The molecule has 4 aromatic rings. The first-order chi connectivity index (χ1) is 19.5. The molecule has 0 atom stereocenters. The summed E-state index contributed by atoms with van der Waals surface area (Å²) in [6.45, 7) is 4.36. The number of rotatable bonds is 8. The smallest absolute Gasteiger partial charge is 0.262 e. The number of carbonyl (C=O) groups excluding carboxylic acids is 2. The number of carbonyl (C=O) groups is 2. The number of nitrogens with zero attached hydrogens (tertiary/aromatic N) is 2. The number of piperazine rings is 1. The zero-order chi connectivity index (χ0) is 27.9. The van der Waals surface area contributed by atoms with E-state index in [1.54, 1.807) is 36.4 Å². The van der Waals surface area contributed by atoms with Gasteiger partial charge < -0.3 is 15.0 Å². The van der Waals surface area contributed by atoms with Crippen molar-refractivity contribution in [2.24, 2.45) is 0 Å². The van der Waals surface area contributed by atoms with Crippen LogP contribution < -0.4 is 10.1 Å². The van der Waals surface area contributed by atoms with Crippen LogP contribution >= 0.6 is 11.6 Å². The lowest BCUT2D eigenvalue weighted by Gasteiger charge is -2.40. The Balaban J connectivity index is 1.23. The standard InChI is InChI=1S/C33H32ClN3O3/c1-24-22-27(34)16-17-30(24)40-23-31(38)35-29-15-9-8-14-28(29)33(39)37-20-18-36(19-21-37)32(25-10-4-2-5-11-25)26-12-6-3-7-13-26/h2-17,22,32H,18-21,23H2,1H3,(H,35,38). The van der Waals surface area contributed by atoms with Crippen molar-refractivity contribution in [2.75, 3.05) is 38.1 Å². The van der Waals surface area contributed by atoms with Gasteiger partial charge in [0, 0.05) is 31.2 Å². The summed E-state index contributed by atoms with van der Waals surface area (Å²) in [5, 5.41) is 3.46. The fourth-order valence-electron chi connectivity index (χ4n) is 5.12. The Kier molecular flexibility index (Phi) is 8.79. The van der Waals surface area contributed by atoms with Crippen LogP contribution in [-0.4, -0.2) is 54.4 Å². The molecule has 0 saturated carbocycles. The van der Waals surface area contributed by atoms with E-state index in [0.717, 1.165) is 18.7 Å². The van der Waals surface area contributed by atoms with Crippen LogP contribution in [0, 0.1) is 6.92 Å². The van der Waals surface area contributed by atoms with E-state index < -0.39 is 0 Å². The van der Waals surface area contributed by atoms with Crippen LogP contribution in [-0.2, 0) is 4.79 Å². The predicted octanol–water partition coefficient (Wildman–Crippen LogP) is 6.21. The van der Waals surface area contributed by atoms with Crippen molar-refractivity contribution in [3.05, 3.63) is 130 Å². The molecule has 0 aromatic heterocycles. The molecule has 1 saturated heterocycles. The number of hydrogen-bond donors (Lipinski definition) is 1. The van der Waals surface area contributed by atoms with E-state index in [2.05, 4.69) is 58.7 Å². The van der Waals surface area contributed by atoms with Crippen molar-refractivity contribution in [1.29, 1.82) is 0 Å². The number of ether oxygens (including phenoxy) is 1. The molecule has 0 spiro atoms. The number of benzene rings is 4. The van der Waals surface area contributed by atoms with Crippen molar-refractivity contribution < 1.29 is 14.3 Å². The molecular weight excluding hydrogens is 522 g/mol. The molecule has 6 nitrogen and oxygen atoms in total. The molecule has 1 N–H and O–H groups in total. The van der Waals surface area contributed by atoms with Gasteiger partial charge in [0.2, 0.25) is 0 Å². The first-order valence-corrected chi connectivity index (χ1v) is 13.8. The summed E-state index contributed by atoms with van der Waals surface area (Å²) in [6.07, 6.45) is 0. The molecule has 2 amide bonds. The molecule has 1 heterocycles. The average molecular weight is 554 g/mol. The van der Waals surface area contributed by atoms with Gasteiger partial charge >= 0.3 is 0 Å². The molecular formula is C33H32ClN3O3. The van der Waals surface area contributed by atoms with Gasteiger partial charge in [-0.25, -0.2) is 0 Å². The minimum Gasteiger partial charge on any atom is -0.483 e. The van der Waals surface area contributed by atoms with Crippen LogP contribution in [0.25, 0.3) is 0 Å². The van der Waals surface area contributed by atoms with Gasteiger partial charge in [0.15, 0.2) is 6.61 Å². The number of aryl methyl sites for hydroxylation is 1. The molecule has 0 unspecified atom stereocenters. The van der Waals surface area contributed by atoms with Crippen LogP contribution in [0.2, 0.25) is 5.02 Å². The molecule has 1 fully saturated rings. The summed E-state index contributed by atoms with van der Waals surface area (Å²) in [5.41, 5.74) is 4.25. The fraction of sp³-hybridized carbons (Fsp3) is 0.212. The second kappa shape index (κ2) is 12.8. The van der Waals surface area contributed by atoms with Crippen LogP contribution in [0.3, 0.4) is 0 Å². The van der Waals surface area contributed by atoms with Crippen molar-refractivity contribution in [3.8, 4) is 5.75 Å². The van der Waals surface area contributed by atoms with Gasteiger partial charge in [0.1, 0.15) is 5.75 Å². The van der Waals surface area contributed by atoms with E-state index in [-0.39, 0.29) is 24.5 Å². The van der Waals surface area contributed by atoms with Crippen LogP contribution in [0.1, 0.15) is 33.1 Å². The quantitative estimate of drug-likeness (QED) is 0.282. The van der Waals surface area contributed by atoms with E-state index in [1.807, 2.05) is 30.0 Å². The Labute approximate surface area is 240 Å². The second-order valence-electron chi connectivity index (χ2n) is 9.84. The lowest BCUT2D eigenvalue weighted by atomic mass is 9.96. The third kappa shape index (κ3) is 6.53. The third-order valence-electron chi connectivity index (χ3n) is 7.12. The van der Waals surface area contributed by atoms with Crippen molar-refractivity contribution >= 4 is 29.1 Å². The highest BCUT2D eigenvalue weighted by Gasteiger charge is 2.29. The van der Waals surface area contributed by atoms with E-state index in [9.17, 15) is 9.59 Å². The highest BCUT2D eigenvalue weighted by atomic mass is 35.5. The number of nitrogens with one attached hydrogen (secondary N) is 1. The Morgan fingerprint density at radius 2 is 1.43 bits per heavy atom. The lowest BCUT2D eigenvalue weighted by Crippen LogP contribution is -2.50. The van der Waals surface area contributed by atoms with Gasteiger partial charge in [-0.15, -0.1) is 0 Å². The SMILES string of the molecule is Cc1cc(Cl)ccc1OCC(=O)Nc1ccccc1C(=O)N1CCN(C(c2ccccc2)c2ccccc2)CC1. The molecule has 5 rings (SSSR count). The van der Waals surface area contributed by atoms with Gasteiger partial charge in [0.25, 0.3) is 11.8 Å². The normalized spacial score (nSPS) is 13.7. The van der Waals surface area contributed by atoms with Gasteiger partial charge in [0.05, 0.1) is 17.3 Å². The third-order valence-corrected chi connectivity index (χ3v) is 7.36. The van der Waals surface area contributed by atoms with Crippen molar-refractivity contribution in [2.45, 2.75) is 13.0 Å². The topological polar surface area (TPSA) is 61.9 Å². The van der Waals surface area contributed by atoms with Crippen LogP contribution in [0.15, 0.2) is 103 Å². The number of hydrogen-bond acceptors (Lipinski definition) is 4. The highest BCUT2D eigenvalue weighted by Crippen LogP contribution is 2.30. The highest BCUT2D eigenvalue weighted by molar-refractivity contribution is 6.30. The molecule has 0 radical (unpaired) electrons. The van der Waals surface area contributed by atoms with Crippen LogP contribution in [0.5, 0.6) is 5.75 Å². The molecule has 0 bridgehead atoms. The minimum absolute atomic E-state index is 0.0963. The van der Waals surface area contributed by atoms with Crippen molar-refractivity contribution in [1.82, 2.24) is 9.80 Å². The summed E-state index contributed by atoms with van der Waals surface area (Å²) in [4.78, 5) is 30.6. The summed E-state index contributed by atoms with van der Waals surface area (Å²) in [6, 6.07) is 33.4. The predicted molar refractivity (Wildman–Crippen MR) is 159 cm³/mol. The Morgan fingerprint density at radius 3 is 2.05 bits per heavy atom. The summed E-state index contributed by atoms with van der Waals surface area (Å²) < 4.78 is 5.68. The molecule has 4 aromatic carbocycles. The fourth-order valence-corrected chi connectivity index (χ4v) is 5.35. The van der Waals surface area contributed by atoms with E-state index in [4.69, 9.17) is 16.3 Å². The van der Waals surface area contributed by atoms with E-state index >= 15 is 0 Å². The lowest BCUT2D eigenvalue weighted by molar-refractivity contribution is -0.118. The van der Waals surface area contributed by atoms with Gasteiger partial charge in [-0.2, -0.15) is 0 Å². The first-order valence-electron chi connectivity index (χ1n) is 13.4. The summed E-state index contributed by atoms with van der Waals surface area (Å²) in [5.74, 6) is 0.153. The van der Waals surface area contributed by atoms with Crippen molar-refractivity contribution in [3.63, 3.8) is 0 Å². The molecule has 204 valence electrons. The first kappa shape index (κ1) is 27.4. The summed E-state index contributed by atoms with van der Waals surface area (Å²) in [7, 11) is 0. The van der Waals surface area contributed by atoms with E-state index in [0.29, 0.717) is 35.1 Å². The Morgan fingerprint density at radius 1 is 0.825 bits per heavy atom. The van der Waals surface area contributed by atoms with Gasteiger partial charge in [-0.3, -0.25) is 14.5 Å². The molecule has 0 aliphatic carbocycles. The van der Waals surface area contributed by atoms with Gasteiger partial charge in [-0.05, 0) is 53.9 Å². The Hall–Kier alpha value is -4.13. The molecule has 1 aliphatic rings. The molecule has 40 heavy (non-hydrogen) atoms. The average Bonchev–Trinajstić information content (AvgIpc) is 2.98. The minimum atomic E-state index is -0.340. The maximum absolute atomic E-state index is 13.6. The van der Waals surface area contributed by atoms with Crippen LogP contribution in [0.4, 0.5) is 5.69 Å². The molecule has 1 aliphatic heterocycles. The molecule has 7 heteroatoms. The second-order valence-corrected chi connectivity index (χ2v) is 10.3. The zero-order valence-electron chi connectivity index (χ0n) is 22.4. The maximum atomic E-state index is 13.6. The number of halogens is 1. The zero-order valence-corrected chi connectivity index (χ0v) is 23.2. The number of para-hydroxylation sites is 1. The largest absolute Gasteiger partial charge is 0.483 e. The maximum Gasteiger partial charge on any atom is 0.262 e. The van der Waals surface area contributed by atoms with Gasteiger partial charge in [-0.1, -0.05) is 84.4 Å². The summed E-state index contributed by atoms with van der Waals surface area (Å²) >= 11 is 6.00. The number of amides is 2. The Bertz CT molecular complexity index is 1420. The monoisotopic (exact) mass is 553 g/mol. The number of anilines is 1. The van der Waals surface area contributed by atoms with E-state index in [1.165, 1.54) is 11.1 Å².